The number of allylic oxidation sites excluding steroid dienone is 3. The van der Waals surface area contributed by atoms with E-state index in [1.165, 1.54) is 0 Å². The Kier molecular flexibility index (Phi) is 8.89. The van der Waals surface area contributed by atoms with Crippen molar-refractivity contribution in [3.8, 4) is 0 Å². The van der Waals surface area contributed by atoms with Crippen molar-refractivity contribution >= 4 is 6.09 Å². The van der Waals surface area contributed by atoms with Gasteiger partial charge in [0.2, 0.25) is 0 Å². The molecule has 1 aliphatic carbocycles. The van der Waals surface area contributed by atoms with Crippen LogP contribution >= 0.6 is 0 Å². The van der Waals surface area contributed by atoms with Gasteiger partial charge in [-0.15, -0.1) is 0 Å². The predicted octanol–water partition coefficient (Wildman–Crippen LogP) is 2.43. The molecule has 18 heavy (non-hydrogen) atoms. The molecule has 6 nitrogen and oxygen atoms in total. The summed E-state index contributed by atoms with van der Waals surface area (Å²) in [6.45, 7) is 3.62. The molecule has 6 heteroatoms. The highest BCUT2D eigenvalue weighted by Crippen LogP contribution is 2.05. The average molecular weight is 256 g/mol. The minimum absolute atomic E-state index is 0.376. The Morgan fingerprint density at radius 1 is 1.50 bits per heavy atom. The quantitative estimate of drug-likeness (QED) is 0.458. The van der Waals surface area contributed by atoms with Crippen LogP contribution < -0.4 is 10.9 Å². The molecular weight excluding hydrogens is 236 g/mol. The van der Waals surface area contributed by atoms with Gasteiger partial charge in [-0.2, -0.15) is 0 Å². The van der Waals surface area contributed by atoms with E-state index in [1.807, 2.05) is 32.1 Å². The molecule has 0 spiro atoms. The molecule has 0 aromatic carbocycles. The van der Waals surface area contributed by atoms with E-state index in [9.17, 15) is 4.79 Å². The van der Waals surface area contributed by atoms with Gasteiger partial charge < -0.3 is 14.9 Å². The smallest absolute Gasteiger partial charge is 0.426 e. The number of amides is 1. The molecule has 4 N–H and O–H groups in total. The van der Waals surface area contributed by atoms with Gasteiger partial charge in [-0.05, 0) is 18.9 Å². The first-order valence-electron chi connectivity index (χ1n) is 5.80. The van der Waals surface area contributed by atoms with Crippen molar-refractivity contribution in [3.63, 3.8) is 0 Å². The molecule has 102 valence electrons. The third-order valence-electron chi connectivity index (χ3n) is 1.80. The van der Waals surface area contributed by atoms with Crippen LogP contribution in [0.4, 0.5) is 4.79 Å². The first kappa shape index (κ1) is 15.9. The zero-order valence-electron chi connectivity index (χ0n) is 10.6. The number of hydrazine groups is 1. The van der Waals surface area contributed by atoms with E-state index in [2.05, 4.69) is 15.6 Å². The lowest BCUT2D eigenvalue weighted by atomic mass is 10.2. The summed E-state index contributed by atoms with van der Waals surface area (Å²) in [6.07, 6.45) is 7.39. The second kappa shape index (κ2) is 10.1. The van der Waals surface area contributed by atoms with Gasteiger partial charge in [0, 0.05) is 5.70 Å². The number of rotatable bonds is 4. The fraction of sp³-hybridized carbons (Fsp3) is 0.417. The molecule has 0 radical (unpaired) electrons. The van der Waals surface area contributed by atoms with Gasteiger partial charge in [0.25, 0.3) is 0 Å². The monoisotopic (exact) mass is 256 g/mol. The maximum absolute atomic E-state index is 11.0. The second-order valence-electron chi connectivity index (χ2n) is 3.09. The van der Waals surface area contributed by atoms with Crippen molar-refractivity contribution in [2.24, 2.45) is 0 Å². The molecule has 0 bridgehead atoms. The van der Waals surface area contributed by atoms with E-state index in [4.69, 9.17) is 10.2 Å². The first-order valence-corrected chi connectivity index (χ1v) is 5.80. The average Bonchev–Trinajstić information content (AvgIpc) is 2.45. The number of aliphatic hydroxyl groups is 2. The van der Waals surface area contributed by atoms with Crippen molar-refractivity contribution < 1.29 is 19.7 Å². The van der Waals surface area contributed by atoms with E-state index < -0.39 is 11.9 Å². The van der Waals surface area contributed by atoms with Crippen molar-refractivity contribution in [3.05, 3.63) is 35.9 Å². The number of ether oxygens (including phenoxy) is 1. The van der Waals surface area contributed by atoms with E-state index in [1.54, 1.807) is 0 Å². The van der Waals surface area contributed by atoms with Crippen LogP contribution in [-0.4, -0.2) is 22.9 Å². The lowest BCUT2D eigenvalue weighted by molar-refractivity contribution is 0.136. The van der Waals surface area contributed by atoms with Crippen molar-refractivity contribution in [2.75, 3.05) is 6.61 Å². The highest BCUT2D eigenvalue weighted by Gasteiger charge is 2.03. The Balaban J connectivity index is 0.00000137. The third-order valence-corrected chi connectivity index (χ3v) is 1.80. The van der Waals surface area contributed by atoms with Gasteiger partial charge in [0.1, 0.15) is 6.26 Å². The minimum Gasteiger partial charge on any atom is -0.512 e. The zero-order chi connectivity index (χ0) is 13.8. The van der Waals surface area contributed by atoms with Gasteiger partial charge in [-0.1, -0.05) is 26.0 Å². The molecule has 1 aliphatic rings. The molecule has 1 amide bonds. The van der Waals surface area contributed by atoms with E-state index in [0.29, 0.717) is 6.26 Å². The lowest BCUT2D eigenvalue weighted by Gasteiger charge is -2.11. The van der Waals surface area contributed by atoms with Crippen LogP contribution in [0.1, 0.15) is 26.7 Å². The Hall–Kier alpha value is -2.11. The summed E-state index contributed by atoms with van der Waals surface area (Å²) < 4.78 is 4.54. The Bertz CT molecular complexity index is 335. The summed E-state index contributed by atoms with van der Waals surface area (Å²) >= 11 is 0. The predicted molar refractivity (Wildman–Crippen MR) is 68.8 cm³/mol. The molecule has 0 aromatic heterocycles. The first-order chi connectivity index (χ1) is 8.72. The summed E-state index contributed by atoms with van der Waals surface area (Å²) in [7, 11) is 0. The molecule has 0 fully saturated rings. The Labute approximate surface area is 107 Å². The molecule has 0 aromatic rings. The summed E-state index contributed by atoms with van der Waals surface area (Å²) in [5, 5.41) is 17.1. The van der Waals surface area contributed by atoms with E-state index in [-0.39, 0.29) is 6.61 Å². The minimum atomic E-state index is -0.742. The zero-order valence-corrected chi connectivity index (χ0v) is 10.6. The van der Waals surface area contributed by atoms with Crippen LogP contribution in [0.2, 0.25) is 0 Å². The van der Waals surface area contributed by atoms with Crippen molar-refractivity contribution in [1.29, 1.82) is 0 Å². The molecule has 0 saturated heterocycles. The van der Waals surface area contributed by atoms with Crippen molar-refractivity contribution in [1.82, 2.24) is 10.9 Å². The topological polar surface area (TPSA) is 90.8 Å². The third kappa shape index (κ3) is 7.21. The van der Waals surface area contributed by atoms with Crippen LogP contribution in [-0.2, 0) is 4.74 Å². The maximum atomic E-state index is 11.0. The number of nitrogens with one attached hydrogen (secondary N) is 2. The number of carbonyl (C=O) groups excluding carboxylic acids is 1. The summed E-state index contributed by atoms with van der Waals surface area (Å²) in [5.74, 6) is -0.424. The van der Waals surface area contributed by atoms with Crippen LogP contribution in [0.15, 0.2) is 35.9 Å². The largest absolute Gasteiger partial charge is 0.512 e. The molecule has 0 unspecified atom stereocenters. The molecule has 0 heterocycles. The van der Waals surface area contributed by atoms with E-state index in [0.717, 1.165) is 18.5 Å². The lowest BCUT2D eigenvalue weighted by Crippen LogP contribution is -2.37. The number of hydrogen-bond donors (Lipinski definition) is 4. The normalized spacial score (nSPS) is 13.9. The molecule has 0 aliphatic heterocycles. The van der Waals surface area contributed by atoms with Gasteiger partial charge in [-0.25, -0.2) is 10.2 Å². The molecular formula is C12H20N2O4. The van der Waals surface area contributed by atoms with Crippen LogP contribution in [0.5, 0.6) is 0 Å². The van der Waals surface area contributed by atoms with Crippen LogP contribution in [0, 0.1) is 0 Å². The van der Waals surface area contributed by atoms with Gasteiger partial charge in [0.05, 0.1) is 0 Å². The van der Waals surface area contributed by atoms with Crippen LogP contribution in [0.25, 0.3) is 0 Å². The Morgan fingerprint density at radius 3 is 2.78 bits per heavy atom. The van der Waals surface area contributed by atoms with Gasteiger partial charge in [0.15, 0.2) is 12.4 Å². The second-order valence-corrected chi connectivity index (χ2v) is 3.09. The van der Waals surface area contributed by atoms with Gasteiger partial charge in [-0.3, -0.25) is 5.43 Å². The SMILES string of the molecule is CC.O=C(NNC1=CCCC=C1)OC/C(O)=C/O. The van der Waals surface area contributed by atoms with Crippen LogP contribution in [0.3, 0.4) is 0 Å². The molecule has 0 atom stereocenters. The number of aliphatic hydroxyl groups excluding tert-OH is 2. The number of hydrogen-bond acceptors (Lipinski definition) is 5. The number of carbonyl (C=O) groups is 1. The Morgan fingerprint density at radius 2 is 2.22 bits per heavy atom. The standard InChI is InChI=1S/C10H14N2O4.C2H6/c13-6-9(14)7-16-10(15)12-11-8-4-2-1-3-5-8;1-2/h2,4-6,11,13-14H,1,3,7H2,(H,12,15);1-2H3/b9-6-;. The van der Waals surface area contributed by atoms with Gasteiger partial charge >= 0.3 is 6.09 Å². The molecule has 1 rings (SSSR count). The summed E-state index contributed by atoms with van der Waals surface area (Å²) in [6, 6.07) is 0. The fourth-order valence-corrected chi connectivity index (χ4v) is 1.04. The summed E-state index contributed by atoms with van der Waals surface area (Å²) in [5.41, 5.74) is 5.71. The highest BCUT2D eigenvalue weighted by atomic mass is 16.6. The summed E-state index contributed by atoms with van der Waals surface area (Å²) in [4.78, 5) is 11.0. The highest BCUT2D eigenvalue weighted by molar-refractivity contribution is 5.66. The molecule has 0 saturated carbocycles. The fourth-order valence-electron chi connectivity index (χ4n) is 1.04. The maximum Gasteiger partial charge on any atom is 0.426 e. The van der Waals surface area contributed by atoms with E-state index >= 15 is 0 Å². The van der Waals surface area contributed by atoms with Crippen molar-refractivity contribution in [2.45, 2.75) is 26.7 Å².